The molecule has 3 heterocycles. The van der Waals surface area contributed by atoms with Gasteiger partial charge in [-0.2, -0.15) is 19.6 Å². The average Bonchev–Trinajstić information content (AvgIpc) is 3.24. The van der Waals surface area contributed by atoms with E-state index in [1.54, 1.807) is 17.8 Å². The number of amides is 1. The lowest BCUT2D eigenvalue weighted by molar-refractivity contribution is -0.118. The van der Waals surface area contributed by atoms with Gasteiger partial charge in [0.05, 0.1) is 19.2 Å². The SMILES string of the molecule is C=C1NC(=O)C/C1=C\c1cnn2c(NCCOC)nc(NC3CC3)nc12. The van der Waals surface area contributed by atoms with Crippen LogP contribution >= 0.6 is 0 Å². The second kappa shape index (κ2) is 6.75. The minimum atomic E-state index is -0.0506. The molecule has 1 aliphatic heterocycles. The molecule has 3 N–H and O–H groups in total. The predicted molar refractivity (Wildman–Crippen MR) is 97.7 cm³/mol. The smallest absolute Gasteiger partial charge is 0.229 e. The summed E-state index contributed by atoms with van der Waals surface area (Å²) in [4.78, 5) is 20.7. The third kappa shape index (κ3) is 3.38. The van der Waals surface area contributed by atoms with Gasteiger partial charge in [-0.15, -0.1) is 0 Å². The molecular weight excluding hydrogens is 334 g/mol. The molecule has 2 aromatic heterocycles. The molecule has 9 heteroatoms. The van der Waals surface area contributed by atoms with Crippen molar-refractivity contribution in [2.75, 3.05) is 30.9 Å². The molecule has 0 bridgehead atoms. The molecule has 9 nitrogen and oxygen atoms in total. The fourth-order valence-electron chi connectivity index (χ4n) is 2.75. The number of nitrogens with one attached hydrogen (secondary N) is 3. The number of methoxy groups -OCH3 is 1. The van der Waals surface area contributed by atoms with Gasteiger partial charge in [0.2, 0.25) is 17.8 Å². The molecule has 0 aromatic carbocycles. The van der Waals surface area contributed by atoms with E-state index in [0.29, 0.717) is 48.9 Å². The van der Waals surface area contributed by atoms with Crippen molar-refractivity contribution in [3.8, 4) is 0 Å². The standard InChI is InChI=1S/C17H21N7O2/c1-10-11(8-14(25)20-10)7-12-9-19-24-15(12)22-16(21-13-3-4-13)23-17(24)18-5-6-26-2/h7,9,13H,1,3-6,8H2,2H3,(H,20,25)(H2,18,21,22,23)/b11-7+. The molecule has 1 saturated carbocycles. The lowest BCUT2D eigenvalue weighted by atomic mass is 10.1. The van der Waals surface area contributed by atoms with Crippen molar-refractivity contribution < 1.29 is 9.53 Å². The minimum Gasteiger partial charge on any atom is -0.383 e. The Bertz CT molecular complexity index is 898. The molecule has 2 aromatic rings. The van der Waals surface area contributed by atoms with E-state index in [2.05, 4.69) is 37.6 Å². The van der Waals surface area contributed by atoms with Crippen molar-refractivity contribution in [1.82, 2.24) is 24.9 Å². The van der Waals surface area contributed by atoms with Crippen LogP contribution in [-0.4, -0.2) is 51.8 Å². The molecule has 1 amide bonds. The lowest BCUT2D eigenvalue weighted by Crippen LogP contribution is -2.15. The first kappa shape index (κ1) is 16.5. The van der Waals surface area contributed by atoms with Crippen LogP contribution in [0.4, 0.5) is 11.9 Å². The summed E-state index contributed by atoms with van der Waals surface area (Å²) >= 11 is 0. The summed E-state index contributed by atoms with van der Waals surface area (Å²) in [5.74, 6) is 1.11. The molecule has 136 valence electrons. The van der Waals surface area contributed by atoms with Crippen LogP contribution in [0.5, 0.6) is 0 Å². The van der Waals surface area contributed by atoms with E-state index in [-0.39, 0.29) is 5.91 Å². The van der Waals surface area contributed by atoms with E-state index >= 15 is 0 Å². The second-order valence-corrected chi connectivity index (χ2v) is 6.42. The van der Waals surface area contributed by atoms with Gasteiger partial charge in [-0.1, -0.05) is 6.58 Å². The maximum absolute atomic E-state index is 11.5. The molecule has 1 saturated heterocycles. The first-order valence-corrected chi connectivity index (χ1v) is 8.59. The number of allylic oxidation sites excluding steroid dienone is 1. The van der Waals surface area contributed by atoms with Crippen molar-refractivity contribution in [1.29, 1.82) is 0 Å². The number of ether oxygens (including phenoxy) is 1. The van der Waals surface area contributed by atoms with Crippen molar-refractivity contribution in [3.63, 3.8) is 0 Å². The van der Waals surface area contributed by atoms with Gasteiger partial charge in [0.1, 0.15) is 0 Å². The zero-order chi connectivity index (χ0) is 18.1. The van der Waals surface area contributed by atoms with E-state index in [1.807, 2.05) is 6.08 Å². The van der Waals surface area contributed by atoms with Gasteiger partial charge < -0.3 is 20.7 Å². The predicted octanol–water partition coefficient (Wildman–Crippen LogP) is 1.17. The summed E-state index contributed by atoms with van der Waals surface area (Å²) in [7, 11) is 1.65. The maximum Gasteiger partial charge on any atom is 0.229 e. The molecule has 0 atom stereocenters. The van der Waals surface area contributed by atoms with Gasteiger partial charge in [-0.3, -0.25) is 4.79 Å². The van der Waals surface area contributed by atoms with E-state index < -0.39 is 0 Å². The minimum absolute atomic E-state index is 0.0506. The highest BCUT2D eigenvalue weighted by Crippen LogP contribution is 2.26. The number of hydrogen-bond acceptors (Lipinski definition) is 7. The summed E-state index contributed by atoms with van der Waals surface area (Å²) in [5.41, 5.74) is 2.95. The number of rotatable bonds is 7. The average molecular weight is 355 g/mol. The van der Waals surface area contributed by atoms with Gasteiger partial charge >= 0.3 is 0 Å². The number of carbonyl (C=O) groups excluding carboxylic acids is 1. The fourth-order valence-corrected chi connectivity index (χ4v) is 2.75. The van der Waals surface area contributed by atoms with Crippen molar-refractivity contribution >= 4 is 29.5 Å². The van der Waals surface area contributed by atoms with Crippen molar-refractivity contribution in [3.05, 3.63) is 29.6 Å². The quantitative estimate of drug-likeness (QED) is 0.640. The Labute approximate surface area is 150 Å². The summed E-state index contributed by atoms with van der Waals surface area (Å²) < 4.78 is 6.75. The maximum atomic E-state index is 11.5. The van der Waals surface area contributed by atoms with Crippen LogP contribution in [0.3, 0.4) is 0 Å². The second-order valence-electron chi connectivity index (χ2n) is 6.42. The van der Waals surface area contributed by atoms with Crippen LogP contribution in [0.1, 0.15) is 24.8 Å². The van der Waals surface area contributed by atoms with E-state index in [1.165, 1.54) is 0 Å². The van der Waals surface area contributed by atoms with Gasteiger partial charge in [-0.25, -0.2) is 0 Å². The summed E-state index contributed by atoms with van der Waals surface area (Å²) in [6, 6.07) is 0.436. The largest absolute Gasteiger partial charge is 0.383 e. The molecule has 4 rings (SSSR count). The molecule has 1 aliphatic carbocycles. The molecule has 26 heavy (non-hydrogen) atoms. The Morgan fingerprint density at radius 2 is 2.31 bits per heavy atom. The van der Waals surface area contributed by atoms with Crippen molar-refractivity contribution in [2.24, 2.45) is 0 Å². The number of fused-ring (bicyclic) bond motifs is 1. The van der Waals surface area contributed by atoms with Crippen LogP contribution in [0.2, 0.25) is 0 Å². The Balaban J connectivity index is 1.72. The summed E-state index contributed by atoms with van der Waals surface area (Å²) in [5, 5.41) is 13.7. The van der Waals surface area contributed by atoms with Crippen LogP contribution < -0.4 is 16.0 Å². The zero-order valence-electron chi connectivity index (χ0n) is 14.6. The van der Waals surface area contributed by atoms with Gasteiger partial charge in [0.25, 0.3) is 0 Å². The zero-order valence-corrected chi connectivity index (χ0v) is 14.6. The Morgan fingerprint density at radius 3 is 3.00 bits per heavy atom. The fraction of sp³-hybridized carbons (Fsp3) is 0.412. The van der Waals surface area contributed by atoms with E-state index in [9.17, 15) is 4.79 Å². The molecule has 2 fully saturated rings. The Morgan fingerprint density at radius 1 is 1.46 bits per heavy atom. The lowest BCUT2D eigenvalue weighted by Gasteiger charge is -2.10. The van der Waals surface area contributed by atoms with Crippen LogP contribution in [0.25, 0.3) is 11.7 Å². The third-order valence-electron chi connectivity index (χ3n) is 4.25. The first-order chi connectivity index (χ1) is 12.6. The van der Waals surface area contributed by atoms with E-state index in [0.717, 1.165) is 24.0 Å². The number of aromatic nitrogens is 4. The number of hydrogen-bond donors (Lipinski definition) is 3. The number of nitrogens with zero attached hydrogens (tertiary/aromatic N) is 4. The van der Waals surface area contributed by atoms with Crippen LogP contribution in [-0.2, 0) is 9.53 Å². The monoisotopic (exact) mass is 355 g/mol. The highest BCUT2D eigenvalue weighted by Gasteiger charge is 2.24. The van der Waals surface area contributed by atoms with Crippen LogP contribution in [0, 0.1) is 0 Å². The molecule has 0 unspecified atom stereocenters. The molecular formula is C17H21N7O2. The van der Waals surface area contributed by atoms with Crippen LogP contribution in [0.15, 0.2) is 24.0 Å². The van der Waals surface area contributed by atoms with Gasteiger partial charge in [0, 0.05) is 31.0 Å². The number of carbonyl (C=O) groups is 1. The topological polar surface area (TPSA) is 105 Å². The first-order valence-electron chi connectivity index (χ1n) is 8.59. The Kier molecular flexibility index (Phi) is 4.29. The molecule has 0 spiro atoms. The highest BCUT2D eigenvalue weighted by atomic mass is 16.5. The van der Waals surface area contributed by atoms with Crippen molar-refractivity contribution in [2.45, 2.75) is 25.3 Å². The normalized spacial score (nSPS) is 18.6. The summed E-state index contributed by atoms with van der Waals surface area (Å²) in [6.07, 6.45) is 6.19. The summed E-state index contributed by atoms with van der Waals surface area (Å²) in [6.45, 7) is 5.05. The molecule has 2 aliphatic rings. The highest BCUT2D eigenvalue weighted by molar-refractivity contribution is 5.89. The van der Waals surface area contributed by atoms with Gasteiger partial charge in [-0.05, 0) is 24.5 Å². The number of anilines is 2. The molecule has 0 radical (unpaired) electrons. The Hall–Kier alpha value is -2.94. The van der Waals surface area contributed by atoms with Gasteiger partial charge in [0.15, 0.2) is 5.65 Å². The third-order valence-corrected chi connectivity index (χ3v) is 4.25. The van der Waals surface area contributed by atoms with E-state index in [4.69, 9.17) is 4.74 Å².